The van der Waals surface area contributed by atoms with Crippen LogP contribution < -0.4 is 0 Å². The van der Waals surface area contributed by atoms with Gasteiger partial charge in [0.25, 0.3) is 0 Å². The van der Waals surface area contributed by atoms with E-state index < -0.39 is 0 Å². The predicted molar refractivity (Wildman–Crippen MR) is 131 cm³/mol. The van der Waals surface area contributed by atoms with Gasteiger partial charge in [-0.2, -0.15) is 0 Å². The Kier molecular flexibility index (Phi) is 9.69. The first-order valence-corrected chi connectivity index (χ1v) is 12.2. The first-order valence-electron chi connectivity index (χ1n) is 12.2. The van der Waals surface area contributed by atoms with Crippen LogP contribution >= 0.6 is 0 Å². The Hall–Kier alpha value is -2.55. The largest absolute Gasteiger partial charge is 0.256 e. The van der Waals surface area contributed by atoms with Gasteiger partial charge < -0.3 is 0 Å². The molecule has 0 fully saturated rings. The smallest absolute Gasteiger partial charge is 0.159 e. The molecule has 3 heteroatoms. The zero-order valence-corrected chi connectivity index (χ0v) is 19.3. The fraction of sp³-hybridized carbons (Fsp3) is 0.464. The average Bonchev–Trinajstić information content (AvgIpc) is 2.82. The quantitative estimate of drug-likeness (QED) is 0.267. The van der Waals surface area contributed by atoms with Crippen molar-refractivity contribution in [3.8, 4) is 22.6 Å². The van der Waals surface area contributed by atoms with Gasteiger partial charge in [0, 0.05) is 29.7 Å². The highest BCUT2D eigenvalue weighted by Crippen LogP contribution is 2.22. The molecule has 31 heavy (non-hydrogen) atoms. The van der Waals surface area contributed by atoms with E-state index >= 15 is 0 Å². The lowest BCUT2D eigenvalue weighted by Crippen LogP contribution is -1.94. The molecule has 164 valence electrons. The number of benzene rings is 1. The zero-order valence-electron chi connectivity index (χ0n) is 19.3. The van der Waals surface area contributed by atoms with E-state index in [1.54, 1.807) is 0 Å². The number of rotatable bonds is 13. The van der Waals surface area contributed by atoms with Crippen molar-refractivity contribution in [2.75, 3.05) is 0 Å². The first-order chi connectivity index (χ1) is 15.3. The number of hydrogen-bond donors (Lipinski definition) is 0. The molecule has 0 spiro atoms. The van der Waals surface area contributed by atoms with Crippen LogP contribution in [0, 0.1) is 0 Å². The third-order valence-corrected chi connectivity index (χ3v) is 5.83. The van der Waals surface area contributed by atoms with Crippen LogP contribution in [0.25, 0.3) is 22.6 Å². The van der Waals surface area contributed by atoms with Crippen LogP contribution in [0.4, 0.5) is 0 Å². The Bertz CT molecular complexity index is 868. The van der Waals surface area contributed by atoms with Gasteiger partial charge in [0.2, 0.25) is 0 Å². The van der Waals surface area contributed by atoms with Crippen LogP contribution in [-0.2, 0) is 12.8 Å². The van der Waals surface area contributed by atoms with E-state index in [0.29, 0.717) is 0 Å². The molecule has 0 radical (unpaired) electrons. The van der Waals surface area contributed by atoms with Crippen LogP contribution in [0.5, 0.6) is 0 Å². The van der Waals surface area contributed by atoms with Crippen molar-refractivity contribution >= 4 is 0 Å². The normalized spacial score (nSPS) is 11.0. The van der Waals surface area contributed by atoms with Crippen molar-refractivity contribution in [3.63, 3.8) is 0 Å². The van der Waals surface area contributed by atoms with Gasteiger partial charge >= 0.3 is 0 Å². The third kappa shape index (κ3) is 7.57. The van der Waals surface area contributed by atoms with E-state index in [1.165, 1.54) is 62.5 Å². The molecule has 3 aromatic rings. The molecular formula is C28H37N3. The first kappa shape index (κ1) is 23.1. The van der Waals surface area contributed by atoms with Gasteiger partial charge in [0.05, 0.1) is 5.69 Å². The number of aryl methyl sites for hydroxylation is 2. The van der Waals surface area contributed by atoms with Crippen LogP contribution in [0.1, 0.15) is 82.8 Å². The number of nitrogens with zero attached hydrogens (tertiary/aromatic N) is 3. The Labute approximate surface area is 188 Å². The molecule has 0 unspecified atom stereocenters. The summed E-state index contributed by atoms with van der Waals surface area (Å²) >= 11 is 0. The molecule has 0 saturated heterocycles. The second-order valence-corrected chi connectivity index (χ2v) is 8.52. The highest BCUT2D eigenvalue weighted by Gasteiger charge is 2.05. The molecule has 0 bridgehead atoms. The van der Waals surface area contributed by atoms with E-state index in [2.05, 4.69) is 65.2 Å². The standard InChI is InChI=1S/C28H37N3/c1-3-5-6-7-8-9-10-11-13-24-21-30-28(31-22-24)26-17-15-25(16-18-26)27-19-14-23(12-4-2)20-29-27/h14-22H,3-13H2,1-2H3. The molecule has 1 aromatic carbocycles. The predicted octanol–water partition coefficient (Wildman–Crippen LogP) is 7.84. The topological polar surface area (TPSA) is 38.7 Å². The van der Waals surface area contributed by atoms with Crippen molar-refractivity contribution in [3.05, 3.63) is 66.1 Å². The van der Waals surface area contributed by atoms with Gasteiger partial charge in [-0.25, -0.2) is 9.97 Å². The molecule has 3 rings (SSSR count). The number of hydrogen-bond acceptors (Lipinski definition) is 3. The molecule has 0 N–H and O–H groups in total. The zero-order chi connectivity index (χ0) is 21.7. The molecule has 0 aliphatic heterocycles. The molecule has 2 heterocycles. The maximum absolute atomic E-state index is 4.61. The minimum absolute atomic E-state index is 0.789. The van der Waals surface area contributed by atoms with Gasteiger partial charge in [-0.1, -0.05) is 95.5 Å². The van der Waals surface area contributed by atoms with Gasteiger partial charge in [0.1, 0.15) is 0 Å². The molecule has 0 aliphatic carbocycles. The number of aromatic nitrogens is 3. The summed E-state index contributed by atoms with van der Waals surface area (Å²) < 4.78 is 0. The summed E-state index contributed by atoms with van der Waals surface area (Å²) in [5.41, 5.74) is 5.71. The van der Waals surface area contributed by atoms with E-state index in [4.69, 9.17) is 0 Å². The highest BCUT2D eigenvalue weighted by molar-refractivity contribution is 5.65. The summed E-state index contributed by atoms with van der Waals surface area (Å²) in [4.78, 5) is 13.8. The number of unbranched alkanes of at least 4 members (excludes halogenated alkanes) is 7. The minimum atomic E-state index is 0.789. The molecule has 3 nitrogen and oxygen atoms in total. The van der Waals surface area contributed by atoms with E-state index in [0.717, 1.165) is 41.9 Å². The summed E-state index contributed by atoms with van der Waals surface area (Å²) in [7, 11) is 0. The molecule has 0 atom stereocenters. The average molecular weight is 416 g/mol. The van der Waals surface area contributed by atoms with Crippen LogP contribution in [-0.4, -0.2) is 15.0 Å². The molecule has 0 saturated carbocycles. The molecule has 2 aromatic heterocycles. The van der Waals surface area contributed by atoms with Crippen molar-refractivity contribution in [2.24, 2.45) is 0 Å². The summed E-state index contributed by atoms with van der Waals surface area (Å²) in [6.45, 7) is 4.46. The van der Waals surface area contributed by atoms with Gasteiger partial charge in [0.15, 0.2) is 5.82 Å². The Morgan fingerprint density at radius 1 is 0.516 bits per heavy atom. The second kappa shape index (κ2) is 13.0. The lowest BCUT2D eigenvalue weighted by molar-refractivity contribution is 0.575. The van der Waals surface area contributed by atoms with Gasteiger partial charge in [-0.15, -0.1) is 0 Å². The third-order valence-electron chi connectivity index (χ3n) is 5.83. The fourth-order valence-corrected chi connectivity index (χ4v) is 3.92. The van der Waals surface area contributed by atoms with E-state index in [9.17, 15) is 0 Å². The maximum Gasteiger partial charge on any atom is 0.159 e. The van der Waals surface area contributed by atoms with Crippen LogP contribution in [0.2, 0.25) is 0 Å². The maximum atomic E-state index is 4.61. The summed E-state index contributed by atoms with van der Waals surface area (Å²) in [6.07, 6.45) is 20.0. The van der Waals surface area contributed by atoms with Gasteiger partial charge in [-0.3, -0.25) is 4.98 Å². The summed E-state index contributed by atoms with van der Waals surface area (Å²) in [5, 5.41) is 0. The molecule has 0 aliphatic rings. The Morgan fingerprint density at radius 2 is 1.13 bits per heavy atom. The van der Waals surface area contributed by atoms with Crippen LogP contribution in [0.3, 0.4) is 0 Å². The Morgan fingerprint density at radius 3 is 1.74 bits per heavy atom. The van der Waals surface area contributed by atoms with Crippen molar-refractivity contribution in [1.82, 2.24) is 15.0 Å². The fourth-order valence-electron chi connectivity index (χ4n) is 3.92. The van der Waals surface area contributed by atoms with Crippen LogP contribution in [0.15, 0.2) is 55.0 Å². The summed E-state index contributed by atoms with van der Waals surface area (Å²) in [5.74, 6) is 0.789. The van der Waals surface area contributed by atoms with E-state index in [1.807, 2.05) is 18.6 Å². The lowest BCUT2D eigenvalue weighted by Gasteiger charge is -2.06. The summed E-state index contributed by atoms with van der Waals surface area (Å²) in [6, 6.07) is 12.7. The van der Waals surface area contributed by atoms with Crippen molar-refractivity contribution < 1.29 is 0 Å². The van der Waals surface area contributed by atoms with E-state index in [-0.39, 0.29) is 0 Å². The number of pyridine rings is 1. The molecular weight excluding hydrogens is 378 g/mol. The Balaban J connectivity index is 1.47. The molecule has 0 amide bonds. The SMILES string of the molecule is CCCCCCCCCCc1cnc(-c2ccc(-c3ccc(CCC)cn3)cc2)nc1. The second-order valence-electron chi connectivity index (χ2n) is 8.52. The monoisotopic (exact) mass is 415 g/mol. The minimum Gasteiger partial charge on any atom is -0.256 e. The highest BCUT2D eigenvalue weighted by atomic mass is 14.9. The van der Waals surface area contributed by atoms with Gasteiger partial charge in [-0.05, 0) is 36.5 Å². The van der Waals surface area contributed by atoms with Crippen molar-refractivity contribution in [1.29, 1.82) is 0 Å². The lowest BCUT2D eigenvalue weighted by atomic mass is 10.1. The van der Waals surface area contributed by atoms with Crippen molar-refractivity contribution in [2.45, 2.75) is 84.5 Å².